The predicted molar refractivity (Wildman–Crippen MR) is 63.1 cm³/mol. The maximum atomic E-state index is 10.9. The van der Waals surface area contributed by atoms with E-state index in [0.717, 1.165) is 12.0 Å². The normalized spacial score (nSPS) is 10.5. The molecule has 0 unspecified atom stereocenters. The van der Waals surface area contributed by atoms with Crippen LogP contribution in [0.2, 0.25) is 0 Å². The summed E-state index contributed by atoms with van der Waals surface area (Å²) in [7, 11) is 0. The van der Waals surface area contributed by atoms with Crippen LogP contribution in [0, 0.1) is 12.8 Å². The van der Waals surface area contributed by atoms with Crippen LogP contribution in [0.1, 0.15) is 36.2 Å². The van der Waals surface area contributed by atoms with Gasteiger partial charge in [0, 0.05) is 0 Å². The van der Waals surface area contributed by atoms with Gasteiger partial charge < -0.3 is 9.84 Å². The van der Waals surface area contributed by atoms with Crippen LogP contribution in [-0.2, 0) is 0 Å². The smallest absolute Gasteiger partial charge is 0.336 e. The van der Waals surface area contributed by atoms with Gasteiger partial charge in [-0.1, -0.05) is 19.9 Å². The van der Waals surface area contributed by atoms with Gasteiger partial charge in [-0.25, -0.2) is 4.79 Å². The number of carboxylic acid groups (broad SMARTS) is 1. The first-order valence-electron chi connectivity index (χ1n) is 5.47. The second-order valence-corrected chi connectivity index (χ2v) is 4.31. The van der Waals surface area contributed by atoms with Crippen LogP contribution in [0.15, 0.2) is 18.2 Å². The zero-order chi connectivity index (χ0) is 12.1. The molecule has 0 saturated carbocycles. The molecule has 0 bridgehead atoms. The van der Waals surface area contributed by atoms with E-state index in [4.69, 9.17) is 9.84 Å². The summed E-state index contributed by atoms with van der Waals surface area (Å²) in [5.41, 5.74) is 1.06. The minimum Gasteiger partial charge on any atom is -0.494 e. The zero-order valence-corrected chi connectivity index (χ0v) is 9.99. The van der Waals surface area contributed by atoms with Crippen molar-refractivity contribution in [2.75, 3.05) is 6.61 Å². The maximum Gasteiger partial charge on any atom is 0.336 e. The molecular weight excluding hydrogens is 204 g/mol. The highest BCUT2D eigenvalue weighted by Crippen LogP contribution is 2.18. The molecular formula is C13H18O3. The molecule has 3 heteroatoms. The summed E-state index contributed by atoms with van der Waals surface area (Å²) in [6.07, 6.45) is 0.969. The largest absolute Gasteiger partial charge is 0.494 e. The lowest BCUT2D eigenvalue weighted by molar-refractivity contribution is 0.0695. The second kappa shape index (κ2) is 5.54. The van der Waals surface area contributed by atoms with E-state index in [9.17, 15) is 4.79 Å². The van der Waals surface area contributed by atoms with Gasteiger partial charge in [-0.3, -0.25) is 0 Å². The van der Waals surface area contributed by atoms with Crippen molar-refractivity contribution >= 4 is 5.97 Å². The first kappa shape index (κ1) is 12.6. The van der Waals surface area contributed by atoms with E-state index in [-0.39, 0.29) is 0 Å². The lowest BCUT2D eigenvalue weighted by atomic mass is 10.1. The Kier molecular flexibility index (Phi) is 4.35. The highest BCUT2D eigenvalue weighted by Gasteiger charge is 2.08. The molecule has 0 fully saturated rings. The minimum absolute atomic E-state index is 0.307. The second-order valence-electron chi connectivity index (χ2n) is 4.31. The van der Waals surface area contributed by atoms with Crippen LogP contribution in [-0.4, -0.2) is 17.7 Å². The van der Waals surface area contributed by atoms with Crippen LogP contribution in [0.5, 0.6) is 5.75 Å². The summed E-state index contributed by atoms with van der Waals surface area (Å²) in [6.45, 7) is 6.66. The molecule has 0 aliphatic carbocycles. The molecule has 0 aromatic heterocycles. The van der Waals surface area contributed by atoms with Gasteiger partial charge in [0.1, 0.15) is 5.75 Å². The standard InChI is InChI=1S/C13H18O3/c1-9(2)6-7-16-11-5-4-10(3)12(8-11)13(14)15/h4-5,8-9H,6-7H2,1-3H3,(H,14,15). The predicted octanol–water partition coefficient (Wildman–Crippen LogP) is 3.12. The van der Waals surface area contributed by atoms with Crippen molar-refractivity contribution in [1.82, 2.24) is 0 Å². The third-order valence-corrected chi connectivity index (χ3v) is 2.40. The van der Waals surface area contributed by atoms with Crippen LogP contribution >= 0.6 is 0 Å². The van der Waals surface area contributed by atoms with Gasteiger partial charge in [0.15, 0.2) is 0 Å². The Labute approximate surface area is 96.1 Å². The average molecular weight is 222 g/mol. The summed E-state index contributed by atoms with van der Waals surface area (Å²) in [5, 5.41) is 8.95. The Morgan fingerprint density at radius 1 is 1.44 bits per heavy atom. The molecule has 0 radical (unpaired) electrons. The molecule has 0 spiro atoms. The highest BCUT2D eigenvalue weighted by molar-refractivity contribution is 5.89. The van der Waals surface area contributed by atoms with Crippen molar-refractivity contribution in [3.05, 3.63) is 29.3 Å². The van der Waals surface area contributed by atoms with E-state index in [0.29, 0.717) is 23.8 Å². The molecule has 1 N–H and O–H groups in total. The van der Waals surface area contributed by atoms with Crippen LogP contribution in [0.25, 0.3) is 0 Å². The van der Waals surface area contributed by atoms with Crippen LogP contribution in [0.3, 0.4) is 0 Å². The average Bonchev–Trinajstić information content (AvgIpc) is 2.19. The van der Waals surface area contributed by atoms with Crippen molar-refractivity contribution in [3.8, 4) is 5.75 Å². The van der Waals surface area contributed by atoms with Crippen molar-refractivity contribution in [2.24, 2.45) is 5.92 Å². The van der Waals surface area contributed by atoms with Crippen molar-refractivity contribution in [2.45, 2.75) is 27.2 Å². The van der Waals surface area contributed by atoms with Gasteiger partial charge in [0.25, 0.3) is 0 Å². The molecule has 0 aliphatic heterocycles. The van der Waals surface area contributed by atoms with Gasteiger partial charge in [0.05, 0.1) is 12.2 Å². The lowest BCUT2D eigenvalue weighted by Gasteiger charge is -2.09. The third-order valence-electron chi connectivity index (χ3n) is 2.40. The molecule has 1 aromatic carbocycles. The number of benzene rings is 1. The van der Waals surface area contributed by atoms with Crippen molar-refractivity contribution in [3.63, 3.8) is 0 Å². The summed E-state index contributed by atoms with van der Waals surface area (Å²) in [5.74, 6) is 0.305. The van der Waals surface area contributed by atoms with E-state index in [1.54, 1.807) is 19.1 Å². The van der Waals surface area contributed by atoms with Gasteiger partial charge in [-0.15, -0.1) is 0 Å². The zero-order valence-electron chi connectivity index (χ0n) is 9.99. The minimum atomic E-state index is -0.910. The summed E-state index contributed by atoms with van der Waals surface area (Å²) in [4.78, 5) is 10.9. The molecule has 0 heterocycles. The summed E-state index contributed by atoms with van der Waals surface area (Å²) in [6, 6.07) is 5.16. The first-order chi connectivity index (χ1) is 7.50. The van der Waals surface area contributed by atoms with Crippen LogP contribution < -0.4 is 4.74 Å². The molecule has 3 nitrogen and oxygen atoms in total. The number of aryl methyl sites for hydroxylation is 1. The number of aromatic carboxylic acids is 1. The Bertz CT molecular complexity index is 369. The molecule has 1 aromatic rings. The number of hydrogen-bond acceptors (Lipinski definition) is 2. The number of hydrogen-bond donors (Lipinski definition) is 1. The Hall–Kier alpha value is -1.51. The fourth-order valence-electron chi connectivity index (χ4n) is 1.33. The Morgan fingerprint density at radius 3 is 2.69 bits per heavy atom. The number of rotatable bonds is 5. The number of ether oxygens (including phenoxy) is 1. The molecule has 0 saturated heterocycles. The van der Waals surface area contributed by atoms with Gasteiger partial charge in [-0.2, -0.15) is 0 Å². The highest BCUT2D eigenvalue weighted by atomic mass is 16.5. The van der Waals surface area contributed by atoms with Crippen molar-refractivity contribution < 1.29 is 14.6 Å². The van der Waals surface area contributed by atoms with Gasteiger partial charge >= 0.3 is 5.97 Å². The number of carboxylic acids is 1. The molecule has 0 atom stereocenters. The fourth-order valence-corrected chi connectivity index (χ4v) is 1.33. The molecule has 0 aliphatic rings. The number of carbonyl (C=O) groups is 1. The molecule has 0 amide bonds. The van der Waals surface area contributed by atoms with E-state index < -0.39 is 5.97 Å². The van der Waals surface area contributed by atoms with Gasteiger partial charge in [0.2, 0.25) is 0 Å². The lowest BCUT2D eigenvalue weighted by Crippen LogP contribution is -2.04. The summed E-state index contributed by atoms with van der Waals surface area (Å²) >= 11 is 0. The van der Waals surface area contributed by atoms with Crippen molar-refractivity contribution in [1.29, 1.82) is 0 Å². The summed E-state index contributed by atoms with van der Waals surface area (Å²) < 4.78 is 5.50. The quantitative estimate of drug-likeness (QED) is 0.832. The SMILES string of the molecule is Cc1ccc(OCCC(C)C)cc1C(=O)O. The third kappa shape index (κ3) is 3.57. The van der Waals surface area contributed by atoms with E-state index in [1.807, 2.05) is 6.07 Å². The molecule has 1 rings (SSSR count). The van der Waals surface area contributed by atoms with E-state index in [2.05, 4.69) is 13.8 Å². The van der Waals surface area contributed by atoms with Gasteiger partial charge in [-0.05, 0) is 37.0 Å². The fraction of sp³-hybridized carbons (Fsp3) is 0.462. The first-order valence-corrected chi connectivity index (χ1v) is 5.47. The van der Waals surface area contributed by atoms with Crippen LogP contribution in [0.4, 0.5) is 0 Å². The van der Waals surface area contributed by atoms with E-state index >= 15 is 0 Å². The topological polar surface area (TPSA) is 46.5 Å². The molecule has 16 heavy (non-hydrogen) atoms. The Balaban J connectivity index is 2.68. The monoisotopic (exact) mass is 222 g/mol. The van der Waals surface area contributed by atoms with E-state index in [1.165, 1.54) is 0 Å². The molecule has 88 valence electrons. The Morgan fingerprint density at radius 2 is 2.12 bits per heavy atom. The maximum absolute atomic E-state index is 10.9.